The van der Waals surface area contributed by atoms with E-state index in [4.69, 9.17) is 4.74 Å². The number of Topliss-reactive ketones (excluding diaryl/α,β-unsaturated/α-hetero) is 1. The van der Waals surface area contributed by atoms with Crippen molar-refractivity contribution < 1.29 is 19.6 Å². The molecule has 3 aromatic carbocycles. The minimum Gasteiger partial charge on any atom is -0.500 e. The second-order valence-electron chi connectivity index (χ2n) is 8.93. The van der Waals surface area contributed by atoms with Crippen molar-refractivity contribution in [3.8, 4) is 11.5 Å². The number of allylic oxidation sites excluding steroid dienone is 1. The third kappa shape index (κ3) is 4.07. The van der Waals surface area contributed by atoms with E-state index in [1.54, 1.807) is 0 Å². The number of carbonyl (C=O) groups excluding carboxylic acids is 1. The van der Waals surface area contributed by atoms with Crippen molar-refractivity contribution in [3.05, 3.63) is 98.7 Å². The lowest BCUT2D eigenvalue weighted by atomic mass is 9.78. The molecule has 2 unspecified atom stereocenters. The Morgan fingerprint density at radius 1 is 1.03 bits per heavy atom. The molecule has 3 N–H and O–H groups in total. The van der Waals surface area contributed by atoms with Crippen LogP contribution in [0.2, 0.25) is 0 Å². The monoisotopic (exact) mass is 471 g/mol. The zero-order valence-electron chi connectivity index (χ0n) is 19.4. The average Bonchev–Trinajstić information content (AvgIpc) is 3.01. The molecule has 178 valence electrons. The second kappa shape index (κ2) is 8.79. The molecule has 1 aliphatic carbocycles. The average molecular weight is 472 g/mol. The first-order valence-corrected chi connectivity index (χ1v) is 11.4. The Balaban J connectivity index is 1.65. The quantitative estimate of drug-likeness (QED) is 0.335. The number of nitrogens with one attached hydrogen (secondary N) is 2. The Labute approximate surface area is 202 Å². The number of fused-ring (bicyclic) bond motifs is 1. The third-order valence-electron chi connectivity index (χ3n) is 6.68. The minimum absolute atomic E-state index is 0.0175. The van der Waals surface area contributed by atoms with Gasteiger partial charge in [-0.1, -0.05) is 42.0 Å². The van der Waals surface area contributed by atoms with Crippen LogP contribution in [0.1, 0.15) is 41.5 Å². The highest BCUT2D eigenvalue weighted by Crippen LogP contribution is 2.46. The molecule has 1 aliphatic heterocycles. The van der Waals surface area contributed by atoms with E-state index >= 15 is 0 Å². The molecule has 0 bridgehead atoms. The number of nitro benzene ring substituents is 1. The lowest BCUT2D eigenvalue weighted by Gasteiger charge is -2.30. The highest BCUT2D eigenvalue weighted by atomic mass is 16.6. The van der Waals surface area contributed by atoms with Gasteiger partial charge in [0.25, 0.3) is 0 Å². The Morgan fingerprint density at radius 2 is 1.74 bits per heavy atom. The SMILES string of the molecule is COc1cc(C2Nc3ccccc3NC3=C2C(=O)CC(c2ccc(C)cc2)C3)cc([N+](=O)[O-])c1O. The number of rotatable bonds is 4. The number of aromatic hydroxyl groups is 1. The number of nitro groups is 1. The summed E-state index contributed by atoms with van der Waals surface area (Å²) in [6, 6.07) is 18.0. The van der Waals surface area contributed by atoms with Crippen LogP contribution in [0.4, 0.5) is 17.1 Å². The fourth-order valence-electron chi connectivity index (χ4n) is 4.89. The van der Waals surface area contributed by atoms with Crippen LogP contribution in [0.25, 0.3) is 0 Å². The normalized spacial score (nSPS) is 19.1. The number of phenols is 1. The fraction of sp³-hybridized carbons (Fsp3) is 0.222. The molecule has 2 aliphatic rings. The van der Waals surface area contributed by atoms with Crippen molar-refractivity contribution in [2.45, 2.75) is 31.7 Å². The van der Waals surface area contributed by atoms with E-state index < -0.39 is 22.4 Å². The topological polar surface area (TPSA) is 114 Å². The number of phenolic OH excluding ortho intramolecular Hbond substituents is 1. The number of anilines is 2. The van der Waals surface area contributed by atoms with E-state index in [0.717, 1.165) is 28.2 Å². The number of hydrogen-bond donors (Lipinski definition) is 3. The van der Waals surface area contributed by atoms with Crippen molar-refractivity contribution in [1.29, 1.82) is 0 Å². The van der Waals surface area contributed by atoms with Gasteiger partial charge in [0.2, 0.25) is 5.75 Å². The Bertz CT molecular complexity index is 1360. The highest BCUT2D eigenvalue weighted by molar-refractivity contribution is 6.01. The van der Waals surface area contributed by atoms with Gasteiger partial charge in [-0.2, -0.15) is 0 Å². The summed E-state index contributed by atoms with van der Waals surface area (Å²) in [4.78, 5) is 24.6. The summed E-state index contributed by atoms with van der Waals surface area (Å²) in [5.74, 6) is -0.588. The van der Waals surface area contributed by atoms with E-state index in [-0.39, 0.29) is 17.5 Å². The zero-order valence-corrected chi connectivity index (χ0v) is 19.4. The molecule has 8 heteroatoms. The van der Waals surface area contributed by atoms with Crippen molar-refractivity contribution in [3.63, 3.8) is 0 Å². The standard InChI is InChI=1S/C27H25N3O5/c1-15-7-9-16(10-8-15)17-11-21-25(23(31)13-17)26(29-20-6-4-3-5-19(20)28-21)18-12-22(30(33)34)27(32)24(14-18)35-2/h3-10,12,14,17,26,28-29,32H,11,13H2,1-2H3. The number of methoxy groups -OCH3 is 1. The van der Waals surface area contributed by atoms with E-state index in [2.05, 4.69) is 22.8 Å². The van der Waals surface area contributed by atoms with Crippen LogP contribution in [0, 0.1) is 17.0 Å². The van der Waals surface area contributed by atoms with Crippen molar-refractivity contribution in [1.82, 2.24) is 0 Å². The van der Waals surface area contributed by atoms with Crippen molar-refractivity contribution in [2.24, 2.45) is 0 Å². The van der Waals surface area contributed by atoms with Crippen LogP contribution in [0.3, 0.4) is 0 Å². The van der Waals surface area contributed by atoms with Gasteiger partial charge in [0.15, 0.2) is 11.5 Å². The van der Waals surface area contributed by atoms with Gasteiger partial charge in [-0.25, -0.2) is 0 Å². The third-order valence-corrected chi connectivity index (χ3v) is 6.68. The number of nitrogens with zero attached hydrogens (tertiary/aromatic N) is 1. The van der Waals surface area contributed by atoms with Crippen LogP contribution in [-0.2, 0) is 4.79 Å². The van der Waals surface area contributed by atoms with Gasteiger partial charge < -0.3 is 20.5 Å². The first-order valence-electron chi connectivity index (χ1n) is 11.4. The van der Waals surface area contributed by atoms with E-state index in [0.29, 0.717) is 24.0 Å². The summed E-state index contributed by atoms with van der Waals surface area (Å²) in [5, 5.41) is 28.8. The molecule has 0 amide bonds. The van der Waals surface area contributed by atoms with Crippen LogP contribution in [0.5, 0.6) is 11.5 Å². The first kappa shape index (κ1) is 22.5. The smallest absolute Gasteiger partial charge is 0.315 e. The summed E-state index contributed by atoms with van der Waals surface area (Å²) < 4.78 is 5.22. The molecular weight excluding hydrogens is 446 g/mol. The number of para-hydroxylation sites is 2. The van der Waals surface area contributed by atoms with Gasteiger partial charge in [0.1, 0.15) is 0 Å². The molecule has 5 rings (SSSR count). The maximum absolute atomic E-state index is 13.7. The van der Waals surface area contributed by atoms with E-state index in [1.165, 1.54) is 19.2 Å². The predicted octanol–water partition coefficient (Wildman–Crippen LogP) is 5.60. The Hall–Kier alpha value is -4.33. The van der Waals surface area contributed by atoms with Gasteiger partial charge in [-0.15, -0.1) is 0 Å². The number of carbonyl (C=O) groups is 1. The minimum atomic E-state index is -0.666. The van der Waals surface area contributed by atoms with Crippen LogP contribution >= 0.6 is 0 Å². The number of aryl methyl sites for hydroxylation is 1. The molecule has 1 heterocycles. The largest absolute Gasteiger partial charge is 0.500 e. The molecule has 0 spiro atoms. The predicted molar refractivity (Wildman–Crippen MR) is 133 cm³/mol. The van der Waals surface area contributed by atoms with E-state index in [9.17, 15) is 20.0 Å². The lowest BCUT2D eigenvalue weighted by Crippen LogP contribution is -2.27. The Morgan fingerprint density at radius 3 is 2.43 bits per heavy atom. The molecule has 8 nitrogen and oxygen atoms in total. The van der Waals surface area contributed by atoms with Crippen LogP contribution < -0.4 is 15.4 Å². The number of hydrogen-bond acceptors (Lipinski definition) is 7. The van der Waals surface area contributed by atoms with Gasteiger partial charge >= 0.3 is 5.69 Å². The van der Waals surface area contributed by atoms with Gasteiger partial charge in [0, 0.05) is 23.8 Å². The molecule has 2 atom stereocenters. The molecule has 0 aromatic heterocycles. The van der Waals surface area contributed by atoms with E-state index in [1.807, 2.05) is 43.3 Å². The maximum atomic E-state index is 13.7. The molecule has 35 heavy (non-hydrogen) atoms. The highest BCUT2D eigenvalue weighted by Gasteiger charge is 2.37. The van der Waals surface area contributed by atoms with Crippen LogP contribution in [0.15, 0.2) is 71.9 Å². The summed E-state index contributed by atoms with van der Waals surface area (Å²) in [7, 11) is 1.34. The molecule has 3 aromatic rings. The maximum Gasteiger partial charge on any atom is 0.315 e. The summed E-state index contributed by atoms with van der Waals surface area (Å²) >= 11 is 0. The Kier molecular flexibility index (Phi) is 5.64. The fourth-order valence-corrected chi connectivity index (χ4v) is 4.89. The molecular formula is C27H25N3O5. The van der Waals surface area contributed by atoms with Gasteiger partial charge in [0.05, 0.1) is 29.4 Å². The first-order chi connectivity index (χ1) is 16.9. The van der Waals surface area contributed by atoms with Crippen molar-refractivity contribution in [2.75, 3.05) is 17.7 Å². The molecule has 0 saturated heterocycles. The van der Waals surface area contributed by atoms with Crippen LogP contribution in [-0.4, -0.2) is 22.9 Å². The summed E-state index contributed by atoms with van der Waals surface area (Å²) in [5.41, 5.74) is 5.14. The lowest BCUT2D eigenvalue weighted by molar-refractivity contribution is -0.386. The number of ketones is 1. The molecule has 0 radical (unpaired) electrons. The molecule has 0 fully saturated rings. The van der Waals surface area contributed by atoms with Crippen molar-refractivity contribution >= 4 is 22.8 Å². The summed E-state index contributed by atoms with van der Waals surface area (Å²) in [6.07, 6.45) is 0.948. The number of ether oxygens (including phenoxy) is 1. The number of benzene rings is 3. The summed E-state index contributed by atoms with van der Waals surface area (Å²) in [6.45, 7) is 2.03. The second-order valence-corrected chi connectivity index (χ2v) is 8.93. The van der Waals surface area contributed by atoms with Gasteiger partial charge in [-0.05, 0) is 48.6 Å². The van der Waals surface area contributed by atoms with Gasteiger partial charge in [-0.3, -0.25) is 14.9 Å². The molecule has 0 saturated carbocycles. The zero-order chi connectivity index (χ0) is 24.7.